The molecule has 0 saturated carbocycles. The van der Waals surface area contributed by atoms with Crippen molar-refractivity contribution in [2.24, 2.45) is 5.73 Å². The lowest BCUT2D eigenvalue weighted by Crippen LogP contribution is -2.50. The van der Waals surface area contributed by atoms with Crippen LogP contribution in [0.1, 0.15) is 45.3 Å². The minimum absolute atomic E-state index is 0.0366. The number of aryl methyl sites for hydroxylation is 1. The van der Waals surface area contributed by atoms with Gasteiger partial charge in [-0.25, -0.2) is 4.68 Å². The van der Waals surface area contributed by atoms with Gasteiger partial charge in [-0.2, -0.15) is 0 Å². The highest BCUT2D eigenvalue weighted by Gasteiger charge is 2.37. The Morgan fingerprint density at radius 1 is 1.41 bits per heavy atom. The zero-order valence-electron chi connectivity index (χ0n) is 11.1. The molecule has 1 aromatic heterocycles. The van der Waals surface area contributed by atoms with Gasteiger partial charge in [0.15, 0.2) is 0 Å². The van der Waals surface area contributed by atoms with Crippen LogP contribution in [0.5, 0.6) is 0 Å². The molecule has 96 valence electrons. The maximum Gasteiger partial charge on any atom is 0.0772 e. The van der Waals surface area contributed by atoms with E-state index in [2.05, 4.69) is 36.0 Å². The van der Waals surface area contributed by atoms with Gasteiger partial charge in [0.05, 0.1) is 17.9 Å². The molecule has 0 spiro atoms. The highest BCUT2D eigenvalue weighted by Crippen LogP contribution is 2.31. The van der Waals surface area contributed by atoms with Crippen LogP contribution in [-0.2, 0) is 6.54 Å². The highest BCUT2D eigenvalue weighted by molar-refractivity contribution is 5.10. The molecule has 2 rings (SSSR count). The van der Waals surface area contributed by atoms with Crippen LogP contribution in [0.15, 0.2) is 6.20 Å². The summed E-state index contributed by atoms with van der Waals surface area (Å²) in [7, 11) is 0. The first-order valence-electron chi connectivity index (χ1n) is 6.46. The van der Waals surface area contributed by atoms with Crippen molar-refractivity contribution < 1.29 is 0 Å². The average molecular weight is 237 g/mol. The number of likely N-dealkylation sites (tertiary alicyclic amines) is 1. The van der Waals surface area contributed by atoms with Crippen molar-refractivity contribution in [3.8, 4) is 0 Å². The molecular formula is C12H23N5. The zero-order chi connectivity index (χ0) is 12.5. The molecule has 5 nitrogen and oxygen atoms in total. The first-order valence-corrected chi connectivity index (χ1v) is 6.46. The minimum atomic E-state index is -0.0458. The van der Waals surface area contributed by atoms with Gasteiger partial charge in [0.25, 0.3) is 0 Å². The standard InChI is InChI=1S/C12H23N5/c1-4-17-10(9-14-15-17)11(13)12(2,3)16-7-5-6-8-16/h9,11H,4-8,13H2,1-3H3. The summed E-state index contributed by atoms with van der Waals surface area (Å²) in [5.74, 6) is 0. The summed E-state index contributed by atoms with van der Waals surface area (Å²) in [4.78, 5) is 2.48. The summed E-state index contributed by atoms with van der Waals surface area (Å²) in [6, 6.07) is -0.0458. The summed E-state index contributed by atoms with van der Waals surface area (Å²) in [6.07, 6.45) is 4.36. The smallest absolute Gasteiger partial charge is 0.0772 e. The molecule has 1 saturated heterocycles. The SMILES string of the molecule is CCn1nncc1C(N)C(C)(C)N1CCCC1. The van der Waals surface area contributed by atoms with Crippen LogP contribution < -0.4 is 5.73 Å². The van der Waals surface area contributed by atoms with Gasteiger partial charge in [-0.05, 0) is 46.7 Å². The van der Waals surface area contributed by atoms with Crippen molar-refractivity contribution in [3.63, 3.8) is 0 Å². The Labute approximate surface area is 103 Å². The molecule has 1 unspecified atom stereocenters. The molecule has 1 aliphatic rings. The molecule has 0 radical (unpaired) electrons. The third-order valence-corrected chi connectivity index (χ3v) is 3.95. The molecule has 0 amide bonds. The summed E-state index contributed by atoms with van der Waals surface area (Å²) in [5, 5.41) is 8.03. The topological polar surface area (TPSA) is 60.0 Å². The minimum Gasteiger partial charge on any atom is -0.321 e. The maximum absolute atomic E-state index is 6.43. The van der Waals surface area contributed by atoms with Gasteiger partial charge in [0.1, 0.15) is 0 Å². The molecule has 1 fully saturated rings. The second kappa shape index (κ2) is 4.74. The summed E-state index contributed by atoms with van der Waals surface area (Å²) in [6.45, 7) is 9.61. The van der Waals surface area contributed by atoms with Gasteiger partial charge in [0, 0.05) is 12.1 Å². The van der Waals surface area contributed by atoms with Gasteiger partial charge in [-0.1, -0.05) is 5.21 Å². The van der Waals surface area contributed by atoms with Gasteiger partial charge in [0.2, 0.25) is 0 Å². The third-order valence-electron chi connectivity index (χ3n) is 3.95. The Balaban J connectivity index is 2.20. The lowest BCUT2D eigenvalue weighted by atomic mass is 9.91. The van der Waals surface area contributed by atoms with Crippen molar-refractivity contribution in [2.45, 2.75) is 51.7 Å². The Hall–Kier alpha value is -0.940. The molecule has 1 aliphatic heterocycles. The van der Waals surface area contributed by atoms with E-state index < -0.39 is 0 Å². The summed E-state index contributed by atoms with van der Waals surface area (Å²) in [5.41, 5.74) is 7.43. The molecule has 0 aromatic carbocycles. The van der Waals surface area contributed by atoms with Crippen LogP contribution >= 0.6 is 0 Å². The highest BCUT2D eigenvalue weighted by atomic mass is 15.4. The van der Waals surface area contributed by atoms with E-state index in [1.165, 1.54) is 12.8 Å². The van der Waals surface area contributed by atoms with E-state index in [1.807, 2.05) is 4.68 Å². The van der Waals surface area contributed by atoms with Gasteiger partial charge in [-0.3, -0.25) is 4.90 Å². The van der Waals surface area contributed by atoms with Crippen LogP contribution in [0.2, 0.25) is 0 Å². The Bertz CT molecular complexity index is 365. The van der Waals surface area contributed by atoms with Crippen molar-refractivity contribution >= 4 is 0 Å². The molecule has 17 heavy (non-hydrogen) atoms. The van der Waals surface area contributed by atoms with Crippen LogP contribution in [0.4, 0.5) is 0 Å². The van der Waals surface area contributed by atoms with Crippen LogP contribution in [0.25, 0.3) is 0 Å². The van der Waals surface area contributed by atoms with E-state index in [9.17, 15) is 0 Å². The van der Waals surface area contributed by atoms with Crippen molar-refractivity contribution in [1.82, 2.24) is 19.9 Å². The Kier molecular flexibility index (Phi) is 3.49. The van der Waals surface area contributed by atoms with Gasteiger partial charge < -0.3 is 5.73 Å². The van der Waals surface area contributed by atoms with E-state index in [4.69, 9.17) is 5.73 Å². The van der Waals surface area contributed by atoms with Crippen molar-refractivity contribution in [1.29, 1.82) is 0 Å². The predicted octanol–water partition coefficient (Wildman–Crippen LogP) is 1.17. The number of aromatic nitrogens is 3. The Morgan fingerprint density at radius 3 is 2.65 bits per heavy atom. The van der Waals surface area contributed by atoms with Crippen LogP contribution in [0.3, 0.4) is 0 Å². The number of hydrogen-bond acceptors (Lipinski definition) is 4. The molecule has 1 atom stereocenters. The quantitative estimate of drug-likeness (QED) is 0.854. The third kappa shape index (κ3) is 2.21. The zero-order valence-corrected chi connectivity index (χ0v) is 11.1. The fraction of sp³-hybridized carbons (Fsp3) is 0.833. The number of hydrogen-bond donors (Lipinski definition) is 1. The Morgan fingerprint density at radius 2 is 2.06 bits per heavy atom. The number of rotatable bonds is 4. The second-order valence-electron chi connectivity index (χ2n) is 5.30. The molecule has 0 bridgehead atoms. The first-order chi connectivity index (χ1) is 8.07. The maximum atomic E-state index is 6.43. The first kappa shape index (κ1) is 12.5. The van der Waals surface area contributed by atoms with Crippen LogP contribution in [0, 0.1) is 0 Å². The second-order valence-corrected chi connectivity index (χ2v) is 5.30. The largest absolute Gasteiger partial charge is 0.321 e. The molecule has 1 aromatic rings. The van der Waals surface area contributed by atoms with Gasteiger partial charge >= 0.3 is 0 Å². The molecular weight excluding hydrogens is 214 g/mol. The fourth-order valence-electron chi connectivity index (χ4n) is 2.60. The van der Waals surface area contributed by atoms with E-state index in [-0.39, 0.29) is 11.6 Å². The number of nitrogens with two attached hydrogens (primary N) is 1. The van der Waals surface area contributed by atoms with E-state index in [1.54, 1.807) is 6.20 Å². The summed E-state index contributed by atoms with van der Waals surface area (Å²) < 4.78 is 1.89. The van der Waals surface area contributed by atoms with E-state index >= 15 is 0 Å². The number of nitrogens with zero attached hydrogens (tertiary/aromatic N) is 4. The lowest BCUT2D eigenvalue weighted by molar-refractivity contribution is 0.120. The monoisotopic (exact) mass is 237 g/mol. The predicted molar refractivity (Wildman–Crippen MR) is 67.5 cm³/mol. The fourth-order valence-corrected chi connectivity index (χ4v) is 2.60. The van der Waals surface area contributed by atoms with E-state index in [0.717, 1.165) is 25.3 Å². The van der Waals surface area contributed by atoms with Crippen LogP contribution in [-0.4, -0.2) is 38.5 Å². The molecule has 2 N–H and O–H groups in total. The summed E-state index contributed by atoms with van der Waals surface area (Å²) >= 11 is 0. The molecule has 5 heteroatoms. The van der Waals surface area contributed by atoms with E-state index in [0.29, 0.717) is 0 Å². The molecule has 2 heterocycles. The normalized spacial score (nSPS) is 19.8. The van der Waals surface area contributed by atoms with Crippen molar-refractivity contribution in [2.75, 3.05) is 13.1 Å². The lowest BCUT2D eigenvalue weighted by Gasteiger charge is -2.40. The van der Waals surface area contributed by atoms with Gasteiger partial charge in [-0.15, -0.1) is 5.10 Å². The van der Waals surface area contributed by atoms with Crippen molar-refractivity contribution in [3.05, 3.63) is 11.9 Å². The average Bonchev–Trinajstić information content (AvgIpc) is 2.98. The molecule has 0 aliphatic carbocycles.